The van der Waals surface area contributed by atoms with E-state index in [2.05, 4.69) is 11.9 Å². The highest BCUT2D eigenvalue weighted by Gasteiger charge is 2.26. The Morgan fingerprint density at radius 3 is 2.57 bits per heavy atom. The predicted octanol–water partition coefficient (Wildman–Crippen LogP) is 3.99. The van der Waals surface area contributed by atoms with Crippen molar-refractivity contribution < 1.29 is 4.79 Å². The van der Waals surface area contributed by atoms with Crippen LogP contribution in [-0.2, 0) is 0 Å². The maximum atomic E-state index is 12.8. The van der Waals surface area contributed by atoms with Crippen LogP contribution in [0.1, 0.15) is 35.3 Å². The average molecular weight is 300 g/mol. The molecule has 0 atom stereocenters. The molecule has 21 heavy (non-hydrogen) atoms. The minimum Gasteiger partial charge on any atom is -0.337 e. The summed E-state index contributed by atoms with van der Waals surface area (Å²) >= 11 is 1.60. The van der Waals surface area contributed by atoms with Gasteiger partial charge in [0.25, 0.3) is 5.91 Å². The number of thiazole rings is 1. The summed E-state index contributed by atoms with van der Waals surface area (Å²) in [6, 6.07) is 10.1. The van der Waals surface area contributed by atoms with Crippen LogP contribution in [0.3, 0.4) is 0 Å². The van der Waals surface area contributed by atoms with Crippen molar-refractivity contribution in [3.8, 4) is 10.4 Å². The molecule has 0 saturated carbocycles. The molecule has 0 N–H and O–H groups in total. The fourth-order valence-corrected chi connectivity index (χ4v) is 3.63. The molecule has 2 heterocycles. The number of carbonyl (C=O) groups excluding carboxylic acids is 1. The number of carbonyl (C=O) groups is 1. The standard InChI is InChI=1S/C17H20N2OS/c1-12-8-10-19(11-9-12)17(20)15-16(21-13(2)18-15)14-6-4-3-5-7-14/h3-7,12H,8-11H2,1-2H3. The molecule has 0 radical (unpaired) electrons. The van der Waals surface area contributed by atoms with E-state index >= 15 is 0 Å². The number of nitrogens with zero attached hydrogens (tertiary/aromatic N) is 2. The molecule has 4 heteroatoms. The molecular formula is C17H20N2OS. The zero-order valence-electron chi connectivity index (χ0n) is 12.5. The van der Waals surface area contributed by atoms with E-state index in [0.29, 0.717) is 5.69 Å². The van der Waals surface area contributed by atoms with Crippen molar-refractivity contribution >= 4 is 17.2 Å². The lowest BCUT2D eigenvalue weighted by Gasteiger charge is -2.30. The molecule has 3 rings (SSSR count). The Bertz CT molecular complexity index is 627. The number of benzene rings is 1. The van der Waals surface area contributed by atoms with E-state index in [0.717, 1.165) is 47.3 Å². The van der Waals surface area contributed by atoms with Gasteiger partial charge >= 0.3 is 0 Å². The normalized spacial score (nSPS) is 16.2. The minimum atomic E-state index is 0.0881. The van der Waals surface area contributed by atoms with Crippen LogP contribution in [-0.4, -0.2) is 28.9 Å². The van der Waals surface area contributed by atoms with Crippen molar-refractivity contribution in [2.24, 2.45) is 5.92 Å². The molecule has 3 nitrogen and oxygen atoms in total. The van der Waals surface area contributed by atoms with Crippen LogP contribution in [0, 0.1) is 12.8 Å². The monoisotopic (exact) mass is 300 g/mol. The van der Waals surface area contributed by atoms with Crippen molar-refractivity contribution in [2.45, 2.75) is 26.7 Å². The second kappa shape index (κ2) is 5.98. The molecule has 0 aliphatic carbocycles. The Kier molecular flexibility index (Phi) is 4.06. The summed E-state index contributed by atoms with van der Waals surface area (Å²) in [6.07, 6.45) is 2.19. The largest absolute Gasteiger partial charge is 0.337 e. The highest BCUT2D eigenvalue weighted by Crippen LogP contribution is 2.31. The van der Waals surface area contributed by atoms with E-state index in [1.807, 2.05) is 42.2 Å². The fourth-order valence-electron chi connectivity index (χ4n) is 2.72. The highest BCUT2D eigenvalue weighted by molar-refractivity contribution is 7.15. The average Bonchev–Trinajstić information content (AvgIpc) is 2.90. The third kappa shape index (κ3) is 3.00. The molecule has 1 saturated heterocycles. The van der Waals surface area contributed by atoms with Gasteiger partial charge in [-0.3, -0.25) is 4.79 Å². The molecule has 0 bridgehead atoms. The Labute approximate surface area is 129 Å². The van der Waals surface area contributed by atoms with Crippen LogP contribution in [0.15, 0.2) is 30.3 Å². The van der Waals surface area contributed by atoms with E-state index in [1.165, 1.54) is 0 Å². The first-order valence-electron chi connectivity index (χ1n) is 7.47. The molecule has 1 amide bonds. The summed E-state index contributed by atoms with van der Waals surface area (Å²) in [7, 11) is 0. The number of rotatable bonds is 2. The van der Waals surface area contributed by atoms with Crippen LogP contribution in [0.25, 0.3) is 10.4 Å². The van der Waals surface area contributed by atoms with Crippen LogP contribution >= 0.6 is 11.3 Å². The number of piperidine rings is 1. The highest BCUT2D eigenvalue weighted by atomic mass is 32.1. The van der Waals surface area contributed by atoms with Crippen LogP contribution in [0.4, 0.5) is 0 Å². The fraction of sp³-hybridized carbons (Fsp3) is 0.412. The molecule has 1 aliphatic rings. The number of likely N-dealkylation sites (tertiary alicyclic amines) is 1. The van der Waals surface area contributed by atoms with E-state index in [4.69, 9.17) is 0 Å². The van der Waals surface area contributed by atoms with Crippen molar-refractivity contribution in [2.75, 3.05) is 13.1 Å². The lowest BCUT2D eigenvalue weighted by molar-refractivity contribution is 0.0692. The Morgan fingerprint density at radius 1 is 1.24 bits per heavy atom. The molecule has 0 spiro atoms. The molecule has 1 fully saturated rings. The van der Waals surface area contributed by atoms with Gasteiger partial charge in [-0.15, -0.1) is 11.3 Å². The lowest BCUT2D eigenvalue weighted by Crippen LogP contribution is -2.38. The summed E-state index contributed by atoms with van der Waals surface area (Å²) in [5.74, 6) is 0.810. The molecule has 1 aromatic heterocycles. The van der Waals surface area contributed by atoms with E-state index in [9.17, 15) is 4.79 Å². The lowest BCUT2D eigenvalue weighted by atomic mass is 9.99. The Morgan fingerprint density at radius 2 is 1.90 bits per heavy atom. The third-order valence-electron chi connectivity index (χ3n) is 4.04. The molecule has 0 unspecified atom stereocenters. The zero-order chi connectivity index (χ0) is 14.8. The van der Waals surface area contributed by atoms with Gasteiger partial charge in [0.2, 0.25) is 0 Å². The molecule has 110 valence electrons. The summed E-state index contributed by atoms with van der Waals surface area (Å²) in [6.45, 7) is 5.92. The first kappa shape index (κ1) is 14.3. The molecular weight excluding hydrogens is 280 g/mol. The summed E-state index contributed by atoms with van der Waals surface area (Å²) in [5, 5.41) is 0.947. The summed E-state index contributed by atoms with van der Waals surface area (Å²) in [4.78, 5) is 20.2. The predicted molar refractivity (Wildman–Crippen MR) is 86.6 cm³/mol. The van der Waals surface area contributed by atoms with E-state index in [1.54, 1.807) is 11.3 Å². The third-order valence-corrected chi connectivity index (χ3v) is 5.06. The van der Waals surface area contributed by atoms with Gasteiger partial charge in [0.1, 0.15) is 5.69 Å². The number of hydrogen-bond donors (Lipinski definition) is 0. The van der Waals surface area contributed by atoms with Crippen molar-refractivity contribution in [3.63, 3.8) is 0 Å². The molecule has 2 aromatic rings. The first-order chi connectivity index (χ1) is 10.1. The topological polar surface area (TPSA) is 33.2 Å². The van der Waals surface area contributed by atoms with Crippen molar-refractivity contribution in [1.82, 2.24) is 9.88 Å². The summed E-state index contributed by atoms with van der Waals surface area (Å²) in [5.41, 5.74) is 1.70. The van der Waals surface area contributed by atoms with Crippen LogP contribution < -0.4 is 0 Å². The van der Waals surface area contributed by atoms with E-state index in [-0.39, 0.29) is 5.91 Å². The van der Waals surface area contributed by atoms with Gasteiger partial charge in [0, 0.05) is 13.1 Å². The maximum absolute atomic E-state index is 12.8. The quantitative estimate of drug-likeness (QED) is 0.840. The number of aryl methyl sites for hydroxylation is 1. The second-order valence-corrected chi connectivity index (χ2v) is 6.95. The van der Waals surface area contributed by atoms with Gasteiger partial charge in [-0.2, -0.15) is 0 Å². The van der Waals surface area contributed by atoms with Crippen molar-refractivity contribution in [1.29, 1.82) is 0 Å². The Hall–Kier alpha value is -1.68. The van der Waals surface area contributed by atoms with Gasteiger partial charge in [0.05, 0.1) is 9.88 Å². The number of amides is 1. The number of hydrogen-bond acceptors (Lipinski definition) is 3. The zero-order valence-corrected chi connectivity index (χ0v) is 13.3. The summed E-state index contributed by atoms with van der Waals surface area (Å²) < 4.78 is 0. The minimum absolute atomic E-state index is 0.0881. The van der Waals surface area contributed by atoms with Gasteiger partial charge in [-0.25, -0.2) is 4.98 Å². The van der Waals surface area contributed by atoms with Gasteiger partial charge in [0.15, 0.2) is 0 Å². The maximum Gasteiger partial charge on any atom is 0.273 e. The van der Waals surface area contributed by atoms with Gasteiger partial charge in [-0.1, -0.05) is 37.3 Å². The Balaban J connectivity index is 1.90. The van der Waals surface area contributed by atoms with E-state index < -0.39 is 0 Å². The van der Waals surface area contributed by atoms with Crippen LogP contribution in [0.2, 0.25) is 0 Å². The van der Waals surface area contributed by atoms with Crippen LogP contribution in [0.5, 0.6) is 0 Å². The first-order valence-corrected chi connectivity index (χ1v) is 8.29. The van der Waals surface area contributed by atoms with Crippen molar-refractivity contribution in [3.05, 3.63) is 41.0 Å². The number of aromatic nitrogens is 1. The molecule has 1 aromatic carbocycles. The molecule has 1 aliphatic heterocycles. The smallest absolute Gasteiger partial charge is 0.273 e. The van der Waals surface area contributed by atoms with Gasteiger partial charge < -0.3 is 4.90 Å². The van der Waals surface area contributed by atoms with Gasteiger partial charge in [-0.05, 0) is 31.2 Å². The second-order valence-electron chi connectivity index (χ2n) is 5.75. The SMILES string of the molecule is Cc1nc(C(=O)N2CCC(C)CC2)c(-c2ccccc2)s1.